The second kappa shape index (κ2) is 7.53. The molecule has 0 spiro atoms. The van der Waals surface area contributed by atoms with E-state index in [0.717, 1.165) is 5.56 Å². The molecule has 0 aromatic heterocycles. The van der Waals surface area contributed by atoms with Crippen molar-refractivity contribution in [2.45, 2.75) is 20.0 Å². The molecule has 0 saturated heterocycles. The van der Waals surface area contributed by atoms with Gasteiger partial charge in [0, 0.05) is 0 Å². The smallest absolute Gasteiger partial charge is 0.335 e. The molecule has 1 rings (SSSR count). The third kappa shape index (κ3) is 4.53. The molecular formula is C13H21O5P. The first kappa shape index (κ1) is 16.0. The van der Waals surface area contributed by atoms with Crippen molar-refractivity contribution in [3.63, 3.8) is 0 Å². The Kier molecular flexibility index (Phi) is 6.35. The van der Waals surface area contributed by atoms with Gasteiger partial charge in [-0.1, -0.05) is 6.07 Å². The summed E-state index contributed by atoms with van der Waals surface area (Å²) in [7, 11) is 0.0425. The summed E-state index contributed by atoms with van der Waals surface area (Å²) in [6.45, 7) is 4.29. The van der Waals surface area contributed by atoms with Crippen LogP contribution in [0.1, 0.15) is 19.4 Å². The molecule has 0 fully saturated rings. The summed E-state index contributed by atoms with van der Waals surface area (Å²) < 4.78 is 33.3. The molecule has 0 aliphatic rings. The Labute approximate surface area is 114 Å². The van der Waals surface area contributed by atoms with Gasteiger partial charge in [0.25, 0.3) is 0 Å². The van der Waals surface area contributed by atoms with Crippen molar-refractivity contribution < 1.29 is 23.1 Å². The lowest BCUT2D eigenvalue weighted by Gasteiger charge is -2.17. The van der Waals surface area contributed by atoms with Gasteiger partial charge < -0.3 is 18.5 Å². The van der Waals surface area contributed by atoms with Gasteiger partial charge in [0.1, 0.15) is 0 Å². The van der Waals surface area contributed by atoms with Gasteiger partial charge in [-0.15, -0.1) is 0 Å². The Morgan fingerprint density at radius 2 is 1.58 bits per heavy atom. The molecule has 0 aliphatic carbocycles. The summed E-state index contributed by atoms with van der Waals surface area (Å²) >= 11 is 0. The van der Waals surface area contributed by atoms with E-state index in [1.54, 1.807) is 40.2 Å². The van der Waals surface area contributed by atoms with Gasteiger partial charge in [-0.2, -0.15) is 0 Å². The van der Waals surface area contributed by atoms with E-state index in [9.17, 15) is 4.57 Å². The number of hydrogen-bond acceptors (Lipinski definition) is 5. The molecule has 1 aromatic carbocycles. The first-order chi connectivity index (χ1) is 9.08. The van der Waals surface area contributed by atoms with Crippen molar-refractivity contribution in [2.75, 3.05) is 27.4 Å². The van der Waals surface area contributed by atoms with Gasteiger partial charge >= 0.3 is 7.60 Å². The van der Waals surface area contributed by atoms with Crippen LogP contribution in [0.2, 0.25) is 0 Å². The van der Waals surface area contributed by atoms with E-state index in [-0.39, 0.29) is 6.16 Å². The SMILES string of the molecule is CCOP(=O)(Cc1ccc(OC)c(OC)c1)OCC. The molecule has 1 aromatic rings. The summed E-state index contributed by atoms with van der Waals surface area (Å²) in [6.07, 6.45) is 0.217. The highest BCUT2D eigenvalue weighted by Gasteiger charge is 2.24. The zero-order chi connectivity index (χ0) is 14.3. The Morgan fingerprint density at radius 1 is 1.00 bits per heavy atom. The fourth-order valence-electron chi connectivity index (χ4n) is 1.72. The molecular weight excluding hydrogens is 267 g/mol. The molecule has 108 valence electrons. The molecule has 0 aliphatic heterocycles. The number of rotatable bonds is 8. The molecule has 0 amide bonds. The highest BCUT2D eigenvalue weighted by Crippen LogP contribution is 2.51. The predicted octanol–water partition coefficient (Wildman–Crippen LogP) is 3.47. The quantitative estimate of drug-likeness (QED) is 0.685. The summed E-state index contributed by atoms with van der Waals surface area (Å²) in [6, 6.07) is 5.38. The van der Waals surface area contributed by atoms with E-state index in [0.29, 0.717) is 24.7 Å². The third-order valence-electron chi connectivity index (χ3n) is 2.48. The van der Waals surface area contributed by atoms with E-state index < -0.39 is 7.60 Å². The van der Waals surface area contributed by atoms with Crippen LogP contribution in [0, 0.1) is 0 Å². The fraction of sp³-hybridized carbons (Fsp3) is 0.538. The van der Waals surface area contributed by atoms with Gasteiger partial charge in [0.05, 0.1) is 33.6 Å². The van der Waals surface area contributed by atoms with Crippen LogP contribution >= 0.6 is 7.60 Å². The summed E-state index contributed by atoms with van der Waals surface area (Å²) in [4.78, 5) is 0. The van der Waals surface area contributed by atoms with E-state index in [1.807, 2.05) is 6.07 Å². The van der Waals surface area contributed by atoms with E-state index >= 15 is 0 Å². The molecule has 0 saturated carbocycles. The van der Waals surface area contributed by atoms with Crippen LogP contribution in [-0.4, -0.2) is 27.4 Å². The van der Waals surface area contributed by atoms with Crippen LogP contribution < -0.4 is 9.47 Å². The minimum Gasteiger partial charge on any atom is -0.493 e. The number of methoxy groups -OCH3 is 2. The maximum atomic E-state index is 12.4. The molecule has 0 heterocycles. The van der Waals surface area contributed by atoms with Crippen molar-refractivity contribution in [2.24, 2.45) is 0 Å². The zero-order valence-electron chi connectivity index (χ0n) is 11.8. The van der Waals surface area contributed by atoms with E-state index in [4.69, 9.17) is 18.5 Å². The Bertz CT molecular complexity index is 437. The van der Waals surface area contributed by atoms with Gasteiger partial charge in [0.15, 0.2) is 11.5 Å². The number of hydrogen-bond donors (Lipinski definition) is 0. The first-order valence-electron chi connectivity index (χ1n) is 6.17. The number of ether oxygens (including phenoxy) is 2. The maximum absolute atomic E-state index is 12.4. The average molecular weight is 288 g/mol. The van der Waals surface area contributed by atoms with Crippen LogP contribution in [0.25, 0.3) is 0 Å². The van der Waals surface area contributed by atoms with Crippen LogP contribution in [0.5, 0.6) is 11.5 Å². The second-order valence-corrected chi connectivity index (χ2v) is 5.85. The lowest BCUT2D eigenvalue weighted by atomic mass is 10.2. The topological polar surface area (TPSA) is 54.0 Å². The Balaban J connectivity index is 2.94. The first-order valence-corrected chi connectivity index (χ1v) is 7.90. The highest BCUT2D eigenvalue weighted by molar-refractivity contribution is 7.53. The standard InChI is InChI=1S/C13H21O5P/c1-5-17-19(14,18-6-2)10-11-7-8-12(15-3)13(9-11)16-4/h7-9H,5-6,10H2,1-4H3. The molecule has 0 radical (unpaired) electrons. The van der Waals surface area contributed by atoms with Crippen LogP contribution in [0.3, 0.4) is 0 Å². The normalized spacial score (nSPS) is 11.4. The molecule has 0 atom stereocenters. The lowest BCUT2D eigenvalue weighted by Crippen LogP contribution is -2.00. The van der Waals surface area contributed by atoms with Crippen molar-refractivity contribution in [3.05, 3.63) is 23.8 Å². The monoisotopic (exact) mass is 288 g/mol. The van der Waals surface area contributed by atoms with Crippen molar-refractivity contribution in [1.29, 1.82) is 0 Å². The van der Waals surface area contributed by atoms with Crippen LogP contribution in [0.4, 0.5) is 0 Å². The van der Waals surface area contributed by atoms with Crippen molar-refractivity contribution >= 4 is 7.60 Å². The molecule has 0 unspecified atom stereocenters. The molecule has 19 heavy (non-hydrogen) atoms. The maximum Gasteiger partial charge on any atom is 0.335 e. The lowest BCUT2D eigenvalue weighted by molar-refractivity contribution is 0.219. The summed E-state index contributed by atoms with van der Waals surface area (Å²) in [5.74, 6) is 1.23. The third-order valence-corrected chi connectivity index (χ3v) is 4.53. The van der Waals surface area contributed by atoms with E-state index in [2.05, 4.69) is 0 Å². The zero-order valence-corrected chi connectivity index (χ0v) is 12.7. The van der Waals surface area contributed by atoms with Crippen LogP contribution in [-0.2, 0) is 19.8 Å². The molecule has 5 nitrogen and oxygen atoms in total. The molecule has 0 bridgehead atoms. The fourth-order valence-corrected chi connectivity index (χ4v) is 3.41. The summed E-state index contributed by atoms with van der Waals surface area (Å²) in [5, 5.41) is 0. The van der Waals surface area contributed by atoms with Gasteiger partial charge in [0.2, 0.25) is 0 Å². The summed E-state index contributed by atoms with van der Waals surface area (Å²) in [5.41, 5.74) is 0.822. The van der Waals surface area contributed by atoms with Gasteiger partial charge in [-0.25, -0.2) is 0 Å². The molecule has 6 heteroatoms. The van der Waals surface area contributed by atoms with Crippen molar-refractivity contribution in [1.82, 2.24) is 0 Å². The second-order valence-electron chi connectivity index (χ2n) is 3.79. The van der Waals surface area contributed by atoms with Gasteiger partial charge in [-0.3, -0.25) is 4.57 Å². The van der Waals surface area contributed by atoms with Crippen molar-refractivity contribution in [3.8, 4) is 11.5 Å². The Morgan fingerprint density at radius 3 is 2.05 bits per heavy atom. The number of benzene rings is 1. The minimum absolute atomic E-state index is 0.217. The van der Waals surface area contributed by atoms with Crippen LogP contribution in [0.15, 0.2) is 18.2 Å². The average Bonchev–Trinajstić information content (AvgIpc) is 2.38. The highest BCUT2D eigenvalue weighted by atomic mass is 31.2. The Hall–Kier alpha value is -1.03. The largest absolute Gasteiger partial charge is 0.493 e. The predicted molar refractivity (Wildman–Crippen MR) is 74.1 cm³/mol. The van der Waals surface area contributed by atoms with E-state index in [1.165, 1.54) is 0 Å². The minimum atomic E-state index is -3.09. The van der Waals surface area contributed by atoms with Gasteiger partial charge in [-0.05, 0) is 31.5 Å². The molecule has 0 N–H and O–H groups in total.